The molecule has 0 radical (unpaired) electrons. The minimum Gasteiger partial charge on any atom is -0.360 e. The molecular formula is C7H10NNaO2S3. The van der Waals surface area contributed by atoms with E-state index in [1.807, 2.05) is 30.3 Å². The zero-order valence-corrected chi connectivity index (χ0v) is 12.1. The Hall–Kier alpha value is 0.760. The van der Waals surface area contributed by atoms with Crippen molar-refractivity contribution in [3.05, 3.63) is 42.4 Å². The predicted molar refractivity (Wildman–Crippen MR) is 61.4 cm³/mol. The topological polar surface area (TPSA) is 66.5 Å². The summed E-state index contributed by atoms with van der Waals surface area (Å²) in [6.45, 7) is 1.58. The van der Waals surface area contributed by atoms with Crippen LogP contribution in [0.1, 0.15) is 5.56 Å². The van der Waals surface area contributed by atoms with Gasteiger partial charge in [0, 0.05) is 22.4 Å². The van der Waals surface area contributed by atoms with Crippen molar-refractivity contribution in [3.8, 4) is 0 Å². The van der Waals surface area contributed by atoms with Crippen LogP contribution in [0.3, 0.4) is 0 Å². The summed E-state index contributed by atoms with van der Waals surface area (Å²) in [5.74, 6) is 0. The van der Waals surface area contributed by atoms with Crippen LogP contribution < -0.4 is 35.3 Å². The van der Waals surface area contributed by atoms with Gasteiger partial charge in [-0.25, -0.2) is 0 Å². The van der Waals surface area contributed by atoms with Gasteiger partial charge in [0.25, 0.3) is 0 Å². The quantitative estimate of drug-likeness (QED) is 0.409. The van der Waals surface area contributed by atoms with Crippen molar-refractivity contribution in [2.45, 2.75) is 0 Å². The summed E-state index contributed by atoms with van der Waals surface area (Å²) in [6.07, 6.45) is 0. The Labute approximate surface area is 116 Å². The largest absolute Gasteiger partial charge is 1.00 e. The van der Waals surface area contributed by atoms with Crippen LogP contribution in [-0.2, 0) is 30.1 Å². The monoisotopic (exact) mass is 259 g/mol. The molecule has 74 valence electrons. The van der Waals surface area contributed by atoms with E-state index in [-0.39, 0.29) is 29.6 Å². The second-order valence-corrected chi connectivity index (χ2v) is 6.34. The van der Waals surface area contributed by atoms with Crippen LogP contribution in [0.4, 0.5) is 0 Å². The van der Waals surface area contributed by atoms with Crippen LogP contribution in [0, 0.1) is 6.54 Å². The van der Waals surface area contributed by atoms with E-state index < -0.39 is 7.71 Å². The Kier molecular flexibility index (Phi) is 11.1. The Morgan fingerprint density at radius 1 is 1.14 bits per heavy atom. The molecule has 3 nitrogen and oxygen atoms in total. The Bertz CT molecular complexity index is 320. The Balaban J connectivity index is 0. The van der Waals surface area contributed by atoms with Gasteiger partial charge in [-0.1, -0.05) is 6.07 Å². The van der Waals surface area contributed by atoms with Crippen molar-refractivity contribution in [3.63, 3.8) is 0 Å². The number of hydrogen-bond acceptors (Lipinski definition) is 3. The molecule has 0 heterocycles. The number of hydrogen-bond donors (Lipinski definition) is 3. The van der Waals surface area contributed by atoms with E-state index in [2.05, 4.69) is 22.4 Å². The molecule has 0 unspecified atom stereocenters. The molecule has 1 rings (SSSR count). The van der Waals surface area contributed by atoms with E-state index in [1.165, 1.54) is 0 Å². The molecule has 7 heteroatoms. The van der Waals surface area contributed by atoms with Gasteiger partial charge in [0.1, 0.15) is 7.71 Å². The summed E-state index contributed by atoms with van der Waals surface area (Å²) in [4.78, 5) is 0. The molecule has 0 aliphatic heterocycles. The molecule has 1 aromatic carbocycles. The first kappa shape index (κ1) is 17.2. The number of rotatable bonds is 1. The summed E-state index contributed by atoms with van der Waals surface area (Å²) in [6, 6.07) is 9.80. The normalized spacial score (nSPS) is 9.07. The fourth-order valence-electron chi connectivity index (χ4n) is 0.564. The van der Waals surface area contributed by atoms with E-state index in [9.17, 15) is 0 Å². The van der Waals surface area contributed by atoms with Gasteiger partial charge >= 0.3 is 29.6 Å². The maximum atomic E-state index is 7.79. The summed E-state index contributed by atoms with van der Waals surface area (Å²) in [5, 5.41) is 0. The molecule has 1 aromatic rings. The van der Waals surface area contributed by atoms with Crippen LogP contribution in [0.15, 0.2) is 30.3 Å². The van der Waals surface area contributed by atoms with Crippen LogP contribution in [0.2, 0.25) is 0 Å². The Morgan fingerprint density at radius 2 is 1.50 bits per heavy atom. The molecule has 0 amide bonds. The van der Waals surface area contributed by atoms with Crippen LogP contribution in [0.25, 0.3) is 0 Å². The van der Waals surface area contributed by atoms with Crippen LogP contribution in [0.5, 0.6) is 0 Å². The smallest absolute Gasteiger partial charge is 0.360 e. The number of nitrogens with two attached hydrogens (primary N) is 1. The van der Waals surface area contributed by atoms with E-state index in [1.54, 1.807) is 6.54 Å². The minimum atomic E-state index is -3.00. The van der Waals surface area contributed by atoms with Crippen molar-refractivity contribution in [2.75, 3.05) is 0 Å². The molecule has 0 aliphatic rings. The first-order chi connectivity index (χ1) is 5.93. The third kappa shape index (κ3) is 15.2. The van der Waals surface area contributed by atoms with Crippen molar-refractivity contribution >= 4 is 30.1 Å². The molecule has 0 fully saturated rings. The first-order valence-electron chi connectivity index (χ1n) is 3.23. The molecule has 0 saturated heterocycles. The minimum absolute atomic E-state index is 0. The summed E-state index contributed by atoms with van der Waals surface area (Å²) in [5.41, 5.74) is 6.29. The van der Waals surface area contributed by atoms with Gasteiger partial charge in [-0.15, -0.1) is 18.7 Å². The second kappa shape index (κ2) is 9.02. The average molecular weight is 259 g/mol. The maximum absolute atomic E-state index is 7.79. The van der Waals surface area contributed by atoms with Crippen molar-refractivity contribution in [2.24, 2.45) is 5.73 Å². The van der Waals surface area contributed by atoms with Gasteiger partial charge in [0.05, 0.1) is 0 Å². The van der Waals surface area contributed by atoms with Crippen LogP contribution in [-0.4, -0.2) is 9.11 Å². The molecule has 0 aromatic heterocycles. The van der Waals surface area contributed by atoms with Crippen molar-refractivity contribution in [1.29, 1.82) is 0 Å². The third-order valence-electron chi connectivity index (χ3n) is 0.992. The SMILES string of the molecule is N[CH-]c1ccccc1.OS(O)(=S)=S.[Na+]. The van der Waals surface area contributed by atoms with E-state index in [4.69, 9.17) is 14.8 Å². The summed E-state index contributed by atoms with van der Waals surface area (Å²) >= 11 is 7.67. The van der Waals surface area contributed by atoms with Crippen LogP contribution >= 0.6 is 0 Å². The summed E-state index contributed by atoms with van der Waals surface area (Å²) in [7, 11) is -3.00. The molecule has 0 atom stereocenters. The van der Waals surface area contributed by atoms with Gasteiger partial charge in [-0.3, -0.25) is 0 Å². The van der Waals surface area contributed by atoms with Crippen molar-refractivity contribution < 1.29 is 38.7 Å². The van der Waals surface area contributed by atoms with Gasteiger partial charge < -0.3 is 14.8 Å². The fraction of sp³-hybridized carbons (Fsp3) is 0. The van der Waals surface area contributed by atoms with Gasteiger partial charge in [0.15, 0.2) is 0 Å². The standard InChI is InChI=1S/C7H8N.Na.H2O2S3/c8-6-7-4-2-1-3-5-7;;1-5(2,3)4/h1-6H,8H2;;(H2,1,2,3,4)/q-1;+1;. The van der Waals surface area contributed by atoms with Gasteiger partial charge in [-0.2, -0.15) is 17.7 Å². The molecule has 0 bridgehead atoms. The third-order valence-corrected chi connectivity index (χ3v) is 0.992. The molecular weight excluding hydrogens is 249 g/mol. The molecule has 14 heavy (non-hydrogen) atoms. The molecule has 0 spiro atoms. The molecule has 0 saturated carbocycles. The van der Waals surface area contributed by atoms with E-state index >= 15 is 0 Å². The van der Waals surface area contributed by atoms with Crippen molar-refractivity contribution in [1.82, 2.24) is 0 Å². The van der Waals surface area contributed by atoms with Gasteiger partial charge in [-0.05, 0) is 0 Å². The maximum Gasteiger partial charge on any atom is 1.00 e. The zero-order valence-electron chi connectivity index (χ0n) is 7.66. The second-order valence-electron chi connectivity index (χ2n) is 2.03. The Morgan fingerprint density at radius 3 is 1.71 bits per heavy atom. The predicted octanol–water partition coefficient (Wildman–Crippen LogP) is -1.83. The fourth-order valence-corrected chi connectivity index (χ4v) is 0.564. The summed E-state index contributed by atoms with van der Waals surface area (Å²) < 4.78 is 15.6. The average Bonchev–Trinajstić information content (AvgIpc) is 2.03. The first-order valence-corrected chi connectivity index (χ1v) is 6.63. The molecule has 0 aliphatic carbocycles. The van der Waals surface area contributed by atoms with E-state index in [0.29, 0.717) is 0 Å². The molecule has 4 N–H and O–H groups in total. The number of benzene rings is 1. The van der Waals surface area contributed by atoms with E-state index in [0.717, 1.165) is 5.56 Å². The zero-order chi connectivity index (χ0) is 10.3. The van der Waals surface area contributed by atoms with Gasteiger partial charge in [0.2, 0.25) is 0 Å².